The number of nitrogens with zero attached hydrogens (tertiary/aromatic N) is 2. The van der Waals surface area contributed by atoms with E-state index in [1.807, 2.05) is 18.2 Å². The van der Waals surface area contributed by atoms with Crippen LogP contribution >= 0.6 is 0 Å². The van der Waals surface area contributed by atoms with E-state index >= 15 is 0 Å². The highest BCUT2D eigenvalue weighted by molar-refractivity contribution is 5.86. The number of aromatic nitrogens is 1. The molecule has 10 heteroatoms. The summed E-state index contributed by atoms with van der Waals surface area (Å²) in [7, 11) is 1.56. The van der Waals surface area contributed by atoms with E-state index < -0.39 is 23.9 Å². The summed E-state index contributed by atoms with van der Waals surface area (Å²) in [5, 5.41) is 2.25. The molecule has 0 bridgehead atoms. The Morgan fingerprint density at radius 3 is 2.69 bits per heavy atom. The molecule has 1 aromatic rings. The number of hydrogen-bond acceptors (Lipinski definition) is 8. The van der Waals surface area contributed by atoms with Crippen LogP contribution in [0.1, 0.15) is 25.5 Å². The lowest BCUT2D eigenvalue weighted by Crippen LogP contribution is -2.43. The zero-order valence-electron chi connectivity index (χ0n) is 16.7. The Bertz CT molecular complexity index is 654. The number of nitrogens with one attached hydrogen (secondary N) is 1. The molecule has 1 fully saturated rings. The third-order valence-corrected chi connectivity index (χ3v) is 3.88. The third kappa shape index (κ3) is 9.65. The zero-order chi connectivity index (χ0) is 21.5. The maximum absolute atomic E-state index is 12.1. The van der Waals surface area contributed by atoms with Gasteiger partial charge in [-0.05, 0) is 25.0 Å². The summed E-state index contributed by atoms with van der Waals surface area (Å²) in [5.74, 6) is -1.44. The molecule has 1 aromatic heterocycles. The van der Waals surface area contributed by atoms with E-state index in [9.17, 15) is 14.4 Å². The largest absolute Gasteiger partial charge is 0.456 e. The number of ether oxygens (including phenoxy) is 3. The van der Waals surface area contributed by atoms with Crippen LogP contribution in [0.2, 0.25) is 0 Å². The van der Waals surface area contributed by atoms with E-state index in [0.717, 1.165) is 5.69 Å². The fourth-order valence-corrected chi connectivity index (χ4v) is 2.53. The second-order valence-corrected chi connectivity index (χ2v) is 5.99. The van der Waals surface area contributed by atoms with Crippen molar-refractivity contribution in [1.29, 1.82) is 0 Å². The van der Waals surface area contributed by atoms with Crippen LogP contribution < -0.4 is 5.32 Å². The zero-order valence-corrected chi connectivity index (χ0v) is 16.7. The van der Waals surface area contributed by atoms with Crippen LogP contribution in [0.3, 0.4) is 0 Å². The molecule has 1 aliphatic rings. The lowest BCUT2D eigenvalue weighted by Gasteiger charge is -2.22. The van der Waals surface area contributed by atoms with Gasteiger partial charge in [0.25, 0.3) is 5.91 Å². The number of likely N-dealkylation sites (tertiary alicyclic amines) is 1. The minimum Gasteiger partial charge on any atom is -0.456 e. The Labute approximate surface area is 169 Å². The molecule has 1 atom stereocenters. The van der Waals surface area contributed by atoms with Gasteiger partial charge in [-0.1, -0.05) is 6.07 Å². The van der Waals surface area contributed by atoms with Crippen molar-refractivity contribution in [3.8, 4) is 0 Å². The second kappa shape index (κ2) is 14.1. The van der Waals surface area contributed by atoms with Gasteiger partial charge in [0.05, 0.1) is 6.61 Å². The van der Waals surface area contributed by atoms with Crippen LogP contribution in [-0.2, 0) is 39.8 Å². The van der Waals surface area contributed by atoms with E-state index in [0.29, 0.717) is 38.8 Å². The van der Waals surface area contributed by atoms with Crippen molar-refractivity contribution >= 4 is 24.3 Å². The van der Waals surface area contributed by atoms with Crippen molar-refractivity contribution in [2.75, 3.05) is 33.6 Å². The summed E-state index contributed by atoms with van der Waals surface area (Å²) in [5.41, 5.74) is 0.895. The fourth-order valence-electron chi connectivity index (χ4n) is 2.53. The lowest BCUT2D eigenvalue weighted by atomic mass is 10.2. The maximum Gasteiger partial charge on any atom is 0.330 e. The third-order valence-electron chi connectivity index (χ3n) is 3.88. The number of amides is 2. The summed E-state index contributed by atoms with van der Waals surface area (Å²) < 4.78 is 15.1. The summed E-state index contributed by atoms with van der Waals surface area (Å²) in [6.45, 7) is 1.52. The van der Waals surface area contributed by atoms with Crippen LogP contribution in [0.5, 0.6) is 0 Å². The van der Waals surface area contributed by atoms with Gasteiger partial charge < -0.3 is 24.4 Å². The van der Waals surface area contributed by atoms with Gasteiger partial charge >= 0.3 is 11.9 Å². The maximum atomic E-state index is 12.1. The molecule has 1 saturated heterocycles. The van der Waals surface area contributed by atoms with Crippen LogP contribution in [0.25, 0.3) is 0 Å². The van der Waals surface area contributed by atoms with Gasteiger partial charge in [0, 0.05) is 38.8 Å². The van der Waals surface area contributed by atoms with Crippen LogP contribution in [0.4, 0.5) is 0 Å². The average Bonchev–Trinajstić information content (AvgIpc) is 3.22. The number of carbonyl (C=O) groups is 4. The van der Waals surface area contributed by atoms with Crippen molar-refractivity contribution in [2.45, 2.75) is 32.2 Å². The first kappa shape index (κ1) is 24.0. The van der Waals surface area contributed by atoms with Gasteiger partial charge in [0.2, 0.25) is 6.41 Å². The minimum atomic E-state index is -0.651. The molecule has 2 heterocycles. The van der Waals surface area contributed by atoms with Gasteiger partial charge in [0.1, 0.15) is 6.04 Å². The molecule has 0 radical (unpaired) electrons. The molecule has 2 rings (SSSR count). The van der Waals surface area contributed by atoms with Crippen LogP contribution in [0.15, 0.2) is 24.4 Å². The van der Waals surface area contributed by atoms with Crippen molar-refractivity contribution in [3.63, 3.8) is 0 Å². The molecule has 2 amide bonds. The van der Waals surface area contributed by atoms with Gasteiger partial charge in [-0.25, -0.2) is 4.79 Å². The summed E-state index contributed by atoms with van der Waals surface area (Å²) in [4.78, 5) is 49.5. The monoisotopic (exact) mass is 409 g/mol. The van der Waals surface area contributed by atoms with E-state index in [4.69, 9.17) is 14.3 Å². The SMILES string of the molecule is CC(=O)OCC(=O)N1CCCC1C(=O)OCOCCc1ccccn1.CNC=O. The Morgan fingerprint density at radius 2 is 2.07 bits per heavy atom. The van der Waals surface area contributed by atoms with Crippen LogP contribution in [-0.4, -0.2) is 73.8 Å². The molecular weight excluding hydrogens is 382 g/mol. The normalized spacial score (nSPS) is 15.0. The highest BCUT2D eigenvalue weighted by atomic mass is 16.7. The quantitative estimate of drug-likeness (QED) is 0.263. The molecule has 160 valence electrons. The molecule has 0 aliphatic carbocycles. The average molecular weight is 409 g/mol. The minimum absolute atomic E-state index is 0.172. The highest BCUT2D eigenvalue weighted by Crippen LogP contribution is 2.18. The number of carbonyl (C=O) groups excluding carboxylic acids is 4. The van der Waals surface area contributed by atoms with Gasteiger partial charge in [-0.3, -0.25) is 19.4 Å². The number of rotatable bonds is 9. The first-order valence-electron chi connectivity index (χ1n) is 9.17. The molecule has 1 N–H and O–H groups in total. The predicted molar refractivity (Wildman–Crippen MR) is 101 cm³/mol. The molecule has 0 aromatic carbocycles. The van der Waals surface area contributed by atoms with Gasteiger partial charge in [0.15, 0.2) is 13.4 Å². The van der Waals surface area contributed by atoms with Crippen LogP contribution in [0, 0.1) is 0 Å². The van der Waals surface area contributed by atoms with E-state index in [2.05, 4.69) is 15.0 Å². The number of pyridine rings is 1. The Balaban J connectivity index is 0.000000960. The Hall–Kier alpha value is -3.01. The summed E-state index contributed by atoms with van der Waals surface area (Å²) in [6, 6.07) is 4.97. The highest BCUT2D eigenvalue weighted by Gasteiger charge is 2.35. The molecular formula is C19H27N3O7. The Kier molecular flexibility index (Phi) is 11.6. The standard InChI is InChI=1S/C17H22N2O6.C2H5NO/c1-13(20)24-11-16(21)19-9-4-6-15(19)17(22)25-12-23-10-7-14-5-2-3-8-18-14;1-3-2-4/h2-3,5,8,15H,4,6-7,9-12H2,1H3;2H,1H3,(H,3,4). The number of hydrogen-bond donors (Lipinski definition) is 1. The first-order chi connectivity index (χ1) is 14.0. The summed E-state index contributed by atoms with van der Waals surface area (Å²) in [6.07, 6.45) is 4.18. The number of esters is 2. The van der Waals surface area contributed by atoms with E-state index in [1.54, 1.807) is 13.2 Å². The molecule has 1 unspecified atom stereocenters. The topological polar surface area (TPSA) is 124 Å². The van der Waals surface area contributed by atoms with E-state index in [-0.39, 0.29) is 13.4 Å². The summed E-state index contributed by atoms with van der Waals surface area (Å²) >= 11 is 0. The fraction of sp³-hybridized carbons (Fsp3) is 0.526. The predicted octanol–water partition coefficient (Wildman–Crippen LogP) is 0.0577. The van der Waals surface area contributed by atoms with E-state index in [1.165, 1.54) is 11.8 Å². The molecule has 1 aliphatic heterocycles. The van der Waals surface area contributed by atoms with Crippen molar-refractivity contribution < 1.29 is 33.4 Å². The lowest BCUT2D eigenvalue weighted by molar-refractivity contribution is -0.165. The molecule has 0 saturated carbocycles. The second-order valence-electron chi connectivity index (χ2n) is 5.99. The van der Waals surface area contributed by atoms with Crippen molar-refractivity contribution in [2.24, 2.45) is 0 Å². The van der Waals surface area contributed by atoms with Gasteiger partial charge in [-0.2, -0.15) is 0 Å². The molecule has 29 heavy (non-hydrogen) atoms. The molecule has 10 nitrogen and oxygen atoms in total. The Morgan fingerprint density at radius 1 is 1.31 bits per heavy atom. The van der Waals surface area contributed by atoms with Gasteiger partial charge in [-0.15, -0.1) is 0 Å². The first-order valence-corrected chi connectivity index (χ1v) is 9.17. The van der Waals surface area contributed by atoms with Crippen molar-refractivity contribution in [3.05, 3.63) is 30.1 Å². The molecule has 0 spiro atoms. The smallest absolute Gasteiger partial charge is 0.330 e. The van der Waals surface area contributed by atoms with Crippen molar-refractivity contribution in [1.82, 2.24) is 15.2 Å².